The summed E-state index contributed by atoms with van der Waals surface area (Å²) in [4.78, 5) is 26.4. The predicted molar refractivity (Wildman–Crippen MR) is 152 cm³/mol. The highest BCUT2D eigenvalue weighted by atomic mass is 16.5. The maximum absolute atomic E-state index is 12.6. The van der Waals surface area contributed by atoms with Gasteiger partial charge in [0.15, 0.2) is 0 Å². The highest BCUT2D eigenvalue weighted by molar-refractivity contribution is 5.95. The van der Waals surface area contributed by atoms with Gasteiger partial charge in [0.05, 0.1) is 11.3 Å². The fraction of sp³-hybridized carbons (Fsp3) is 0.355. The summed E-state index contributed by atoms with van der Waals surface area (Å²) >= 11 is 0. The second-order valence-electron chi connectivity index (χ2n) is 10.4. The number of ketones is 1. The van der Waals surface area contributed by atoms with Crippen molar-refractivity contribution in [3.05, 3.63) is 72.1 Å². The van der Waals surface area contributed by atoms with Gasteiger partial charge >= 0.3 is 0 Å². The van der Waals surface area contributed by atoms with Crippen LogP contribution in [0.15, 0.2) is 60.9 Å². The molecule has 0 amide bonds. The Kier molecular flexibility index (Phi) is 7.94. The third-order valence-electron chi connectivity index (χ3n) is 6.85. The zero-order valence-electron chi connectivity index (χ0n) is 22.3. The number of nitrogens with one attached hydrogen (secondary N) is 2. The standard InChI is InChI=1S/C31H35N5O2/c1-20(2)17-24(37)18-22-7-4-9-26-25(22)12-11-21(3)29(26)38-30-27(10-6-15-33-30)28-13-16-34-31(36-28)35-23-8-5-14-32-19-23/h4,6-7,9-13,15-16,20,23,32H,5,8,14,17-19H2,1-3H3,(H,34,35,36)/t23-/m0/s1. The highest BCUT2D eigenvalue weighted by Gasteiger charge is 2.18. The molecular weight excluding hydrogens is 474 g/mol. The minimum Gasteiger partial charge on any atom is -0.437 e. The Morgan fingerprint density at radius 1 is 1.08 bits per heavy atom. The molecule has 0 spiro atoms. The molecule has 38 heavy (non-hydrogen) atoms. The van der Waals surface area contributed by atoms with Crippen molar-refractivity contribution in [3.8, 4) is 22.9 Å². The van der Waals surface area contributed by atoms with E-state index in [1.54, 1.807) is 12.4 Å². The van der Waals surface area contributed by atoms with Crippen LogP contribution >= 0.6 is 0 Å². The molecule has 2 N–H and O–H groups in total. The normalized spacial score (nSPS) is 15.5. The van der Waals surface area contributed by atoms with E-state index in [9.17, 15) is 4.79 Å². The summed E-state index contributed by atoms with van der Waals surface area (Å²) in [7, 11) is 0. The largest absolute Gasteiger partial charge is 0.437 e. The fourth-order valence-corrected chi connectivity index (χ4v) is 5.03. The quantitative estimate of drug-likeness (QED) is 0.281. The average Bonchev–Trinajstić information content (AvgIpc) is 2.91. The molecule has 0 unspecified atom stereocenters. The van der Waals surface area contributed by atoms with Crippen molar-refractivity contribution in [3.63, 3.8) is 0 Å². The molecule has 7 heteroatoms. The second-order valence-corrected chi connectivity index (χ2v) is 10.4. The first kappa shape index (κ1) is 25.8. The lowest BCUT2D eigenvalue weighted by Crippen LogP contribution is -2.38. The summed E-state index contributed by atoms with van der Waals surface area (Å²) < 4.78 is 6.54. The minimum absolute atomic E-state index is 0.250. The molecule has 2 aromatic carbocycles. The summed E-state index contributed by atoms with van der Waals surface area (Å²) in [5.74, 6) is 2.41. The van der Waals surface area contributed by atoms with Crippen LogP contribution in [0.5, 0.6) is 11.6 Å². The molecule has 0 saturated carbocycles. The number of benzene rings is 2. The summed E-state index contributed by atoms with van der Waals surface area (Å²) in [5, 5.41) is 8.86. The topological polar surface area (TPSA) is 89.0 Å². The molecule has 1 atom stereocenters. The lowest BCUT2D eigenvalue weighted by Gasteiger charge is -2.23. The third kappa shape index (κ3) is 6.00. The first-order chi connectivity index (χ1) is 18.5. The summed E-state index contributed by atoms with van der Waals surface area (Å²) in [6.45, 7) is 8.13. The molecule has 3 heterocycles. The second kappa shape index (κ2) is 11.7. The van der Waals surface area contributed by atoms with Crippen LogP contribution in [0, 0.1) is 12.8 Å². The molecule has 5 rings (SSSR count). The maximum atomic E-state index is 12.6. The number of Topliss-reactive ketones (excluding diaryl/α,β-unsaturated/α-hetero) is 1. The number of nitrogens with zero attached hydrogens (tertiary/aromatic N) is 3. The number of rotatable bonds is 9. The van der Waals surface area contributed by atoms with E-state index in [-0.39, 0.29) is 5.78 Å². The molecule has 1 saturated heterocycles. The van der Waals surface area contributed by atoms with Crippen molar-refractivity contribution in [1.29, 1.82) is 0 Å². The molecule has 2 aromatic heterocycles. The Labute approximate surface area is 224 Å². The third-order valence-corrected chi connectivity index (χ3v) is 6.85. The Morgan fingerprint density at radius 3 is 2.79 bits per heavy atom. The number of hydrogen-bond acceptors (Lipinski definition) is 7. The fourth-order valence-electron chi connectivity index (χ4n) is 5.03. The van der Waals surface area contributed by atoms with Gasteiger partial charge in [0.1, 0.15) is 11.5 Å². The van der Waals surface area contributed by atoms with E-state index in [1.165, 1.54) is 0 Å². The number of anilines is 1. The van der Waals surface area contributed by atoms with Gasteiger partial charge in [-0.3, -0.25) is 4.79 Å². The predicted octanol–water partition coefficient (Wildman–Crippen LogP) is 6.11. The molecule has 7 nitrogen and oxygen atoms in total. The molecule has 4 aromatic rings. The van der Waals surface area contributed by atoms with Crippen molar-refractivity contribution in [2.45, 2.75) is 52.5 Å². The lowest BCUT2D eigenvalue weighted by atomic mass is 9.95. The van der Waals surface area contributed by atoms with Crippen molar-refractivity contribution in [2.75, 3.05) is 18.4 Å². The molecule has 1 fully saturated rings. The van der Waals surface area contributed by atoms with E-state index in [4.69, 9.17) is 9.72 Å². The number of carbonyl (C=O) groups is 1. The van der Waals surface area contributed by atoms with Crippen molar-refractivity contribution in [1.82, 2.24) is 20.3 Å². The van der Waals surface area contributed by atoms with Gasteiger partial charge < -0.3 is 15.4 Å². The summed E-state index contributed by atoms with van der Waals surface area (Å²) in [6, 6.07) is 16.2. The van der Waals surface area contributed by atoms with E-state index < -0.39 is 0 Å². The highest BCUT2D eigenvalue weighted by Crippen LogP contribution is 2.37. The maximum Gasteiger partial charge on any atom is 0.228 e. The van der Waals surface area contributed by atoms with Crippen molar-refractivity contribution < 1.29 is 9.53 Å². The van der Waals surface area contributed by atoms with Gasteiger partial charge in [0, 0.05) is 43.2 Å². The number of ether oxygens (including phenoxy) is 1. The van der Waals surface area contributed by atoms with Crippen LogP contribution in [0.25, 0.3) is 22.0 Å². The van der Waals surface area contributed by atoms with Crippen molar-refractivity contribution in [2.24, 2.45) is 5.92 Å². The first-order valence-electron chi connectivity index (χ1n) is 13.4. The number of hydrogen-bond donors (Lipinski definition) is 2. The zero-order chi connectivity index (χ0) is 26.5. The number of carbonyl (C=O) groups excluding carboxylic acids is 1. The smallest absolute Gasteiger partial charge is 0.228 e. The number of aryl methyl sites for hydroxylation is 1. The van der Waals surface area contributed by atoms with E-state index in [0.717, 1.165) is 64.8 Å². The van der Waals surface area contributed by atoms with Gasteiger partial charge in [0.2, 0.25) is 11.8 Å². The Balaban J connectivity index is 1.46. The molecular formula is C31H35N5O2. The van der Waals surface area contributed by atoms with Crippen LogP contribution in [0.1, 0.15) is 44.2 Å². The van der Waals surface area contributed by atoms with E-state index >= 15 is 0 Å². The Hall–Kier alpha value is -3.84. The monoisotopic (exact) mass is 509 g/mol. The van der Waals surface area contributed by atoms with Gasteiger partial charge in [-0.05, 0) is 66.9 Å². The SMILES string of the molecule is Cc1ccc2c(CC(=O)CC(C)C)cccc2c1Oc1ncccc1-c1ccnc(N[C@H]2CCCNC2)n1. The van der Waals surface area contributed by atoms with Gasteiger partial charge in [-0.15, -0.1) is 0 Å². The molecule has 0 radical (unpaired) electrons. The minimum atomic E-state index is 0.250. The summed E-state index contributed by atoms with van der Waals surface area (Å²) in [5.41, 5.74) is 3.55. The van der Waals surface area contributed by atoms with E-state index in [2.05, 4.69) is 40.5 Å². The number of pyridine rings is 1. The van der Waals surface area contributed by atoms with Crippen LogP contribution < -0.4 is 15.4 Å². The number of aromatic nitrogens is 3. The Morgan fingerprint density at radius 2 is 1.97 bits per heavy atom. The molecule has 1 aliphatic heterocycles. The van der Waals surface area contributed by atoms with Gasteiger partial charge in [0.25, 0.3) is 0 Å². The number of fused-ring (bicyclic) bond motifs is 1. The van der Waals surface area contributed by atoms with Crippen molar-refractivity contribution >= 4 is 22.5 Å². The summed E-state index contributed by atoms with van der Waals surface area (Å²) in [6.07, 6.45) is 6.71. The van der Waals surface area contributed by atoms with E-state index in [1.807, 2.05) is 49.4 Å². The van der Waals surface area contributed by atoms with Crippen LogP contribution in [0.3, 0.4) is 0 Å². The van der Waals surface area contributed by atoms with Crippen LogP contribution in [0.4, 0.5) is 5.95 Å². The molecule has 0 aliphatic carbocycles. The van der Waals surface area contributed by atoms with Gasteiger partial charge in [-0.25, -0.2) is 15.0 Å². The number of piperidine rings is 1. The van der Waals surface area contributed by atoms with Gasteiger partial charge in [-0.1, -0.05) is 44.2 Å². The van der Waals surface area contributed by atoms with Crippen LogP contribution in [-0.2, 0) is 11.2 Å². The van der Waals surface area contributed by atoms with Crippen LogP contribution in [0.2, 0.25) is 0 Å². The zero-order valence-corrected chi connectivity index (χ0v) is 22.3. The average molecular weight is 510 g/mol. The van der Waals surface area contributed by atoms with Gasteiger partial charge in [-0.2, -0.15) is 0 Å². The lowest BCUT2D eigenvalue weighted by molar-refractivity contribution is -0.119. The Bertz CT molecular complexity index is 1430. The molecule has 1 aliphatic rings. The molecule has 0 bridgehead atoms. The molecule has 196 valence electrons. The van der Waals surface area contributed by atoms with E-state index in [0.29, 0.717) is 36.6 Å². The van der Waals surface area contributed by atoms with Crippen LogP contribution in [-0.4, -0.2) is 39.9 Å². The first-order valence-corrected chi connectivity index (χ1v) is 13.4.